The zero-order valence-corrected chi connectivity index (χ0v) is 10.9. The second-order valence-corrected chi connectivity index (χ2v) is 4.80. The Balaban J connectivity index is 1.73. The number of aliphatic hydroxyl groups is 1. The van der Waals surface area contributed by atoms with E-state index in [4.69, 9.17) is 10.5 Å². The molecule has 1 aliphatic rings. The van der Waals surface area contributed by atoms with Crippen molar-refractivity contribution < 1.29 is 14.6 Å². The number of carbonyl (C=O) groups excluding carboxylic acids is 1. The number of aliphatic hydroxyl groups excluding tert-OH is 1. The van der Waals surface area contributed by atoms with Crippen molar-refractivity contribution in [1.29, 1.82) is 0 Å². The Bertz CT molecular complexity index is 419. The van der Waals surface area contributed by atoms with E-state index in [0.717, 1.165) is 19.4 Å². The molecule has 1 aromatic carbocycles. The Kier molecular flexibility index (Phi) is 4.63. The molecule has 1 atom stereocenters. The van der Waals surface area contributed by atoms with Crippen molar-refractivity contribution in [3.8, 4) is 5.75 Å². The van der Waals surface area contributed by atoms with Gasteiger partial charge in [0, 0.05) is 18.8 Å². The van der Waals surface area contributed by atoms with Crippen LogP contribution in [0.5, 0.6) is 5.75 Å². The van der Waals surface area contributed by atoms with Crippen LogP contribution >= 0.6 is 0 Å². The first-order valence-corrected chi connectivity index (χ1v) is 6.59. The van der Waals surface area contributed by atoms with Gasteiger partial charge in [-0.3, -0.25) is 4.79 Å². The number of carbonyl (C=O) groups is 1. The van der Waals surface area contributed by atoms with Crippen molar-refractivity contribution in [2.75, 3.05) is 25.4 Å². The summed E-state index contributed by atoms with van der Waals surface area (Å²) in [5.41, 5.74) is 6.26. The molecule has 0 bridgehead atoms. The highest BCUT2D eigenvalue weighted by atomic mass is 16.5. The molecule has 1 heterocycles. The van der Waals surface area contributed by atoms with Crippen molar-refractivity contribution in [1.82, 2.24) is 4.90 Å². The number of likely N-dealkylation sites (tertiary alicyclic amines) is 1. The Hall–Kier alpha value is -1.75. The first kappa shape index (κ1) is 13.7. The molecule has 3 N–H and O–H groups in total. The molecular weight excluding hydrogens is 244 g/mol. The molecule has 1 saturated heterocycles. The summed E-state index contributed by atoms with van der Waals surface area (Å²) in [7, 11) is 0. The minimum Gasteiger partial charge on any atom is -0.493 e. The average molecular weight is 264 g/mol. The fourth-order valence-corrected chi connectivity index (χ4v) is 2.16. The van der Waals surface area contributed by atoms with Crippen LogP contribution in [-0.2, 0) is 4.79 Å². The number of anilines is 1. The Labute approximate surface area is 113 Å². The summed E-state index contributed by atoms with van der Waals surface area (Å²) in [4.78, 5) is 13.6. The minimum absolute atomic E-state index is 0.0363. The molecule has 19 heavy (non-hydrogen) atoms. The summed E-state index contributed by atoms with van der Waals surface area (Å²) in [6, 6.07) is 7.09. The number of ether oxygens (including phenoxy) is 1. The van der Waals surface area contributed by atoms with Gasteiger partial charge in [-0.25, -0.2) is 0 Å². The van der Waals surface area contributed by atoms with Gasteiger partial charge in [0.25, 0.3) is 0 Å². The molecule has 0 saturated carbocycles. The SMILES string of the molecule is Nc1ccc(OCCC(=O)N2CCC[C@H](O)C2)cc1. The quantitative estimate of drug-likeness (QED) is 0.796. The van der Waals surface area contributed by atoms with E-state index < -0.39 is 0 Å². The number of nitrogen functional groups attached to an aromatic ring is 1. The lowest BCUT2D eigenvalue weighted by Gasteiger charge is -2.30. The molecule has 1 amide bonds. The largest absolute Gasteiger partial charge is 0.493 e. The van der Waals surface area contributed by atoms with Crippen molar-refractivity contribution in [3.05, 3.63) is 24.3 Å². The van der Waals surface area contributed by atoms with E-state index in [2.05, 4.69) is 0 Å². The molecular formula is C14H20N2O3. The first-order chi connectivity index (χ1) is 9.15. The van der Waals surface area contributed by atoms with Crippen LogP contribution in [0.3, 0.4) is 0 Å². The van der Waals surface area contributed by atoms with Crippen LogP contribution in [0, 0.1) is 0 Å². The lowest BCUT2D eigenvalue weighted by molar-refractivity contribution is -0.134. The molecule has 0 aromatic heterocycles. The Morgan fingerprint density at radius 2 is 2.16 bits per heavy atom. The van der Waals surface area contributed by atoms with Crippen LogP contribution in [0.4, 0.5) is 5.69 Å². The minimum atomic E-state index is -0.379. The fraction of sp³-hybridized carbons (Fsp3) is 0.500. The van der Waals surface area contributed by atoms with Crippen LogP contribution in [0.2, 0.25) is 0 Å². The number of nitrogens with zero attached hydrogens (tertiary/aromatic N) is 1. The normalized spacial score (nSPS) is 19.2. The van der Waals surface area contributed by atoms with Crippen LogP contribution in [0.15, 0.2) is 24.3 Å². The molecule has 0 radical (unpaired) electrons. The predicted octanol–water partition coefficient (Wildman–Crippen LogP) is 1.02. The summed E-state index contributed by atoms with van der Waals surface area (Å²) in [5, 5.41) is 9.52. The molecule has 5 heteroatoms. The lowest BCUT2D eigenvalue weighted by Crippen LogP contribution is -2.42. The Morgan fingerprint density at radius 1 is 1.42 bits per heavy atom. The second-order valence-electron chi connectivity index (χ2n) is 4.80. The maximum Gasteiger partial charge on any atom is 0.226 e. The number of hydrogen-bond acceptors (Lipinski definition) is 4. The van der Waals surface area contributed by atoms with Gasteiger partial charge in [-0.05, 0) is 37.1 Å². The van der Waals surface area contributed by atoms with Gasteiger partial charge in [0.2, 0.25) is 5.91 Å². The summed E-state index contributed by atoms with van der Waals surface area (Å²) in [5.74, 6) is 0.745. The Morgan fingerprint density at radius 3 is 2.84 bits per heavy atom. The van der Waals surface area contributed by atoms with Crippen molar-refractivity contribution >= 4 is 11.6 Å². The maximum absolute atomic E-state index is 11.9. The zero-order valence-electron chi connectivity index (χ0n) is 10.9. The standard InChI is InChI=1S/C14H20N2O3/c15-11-3-5-13(6-4-11)19-9-7-14(18)16-8-1-2-12(17)10-16/h3-6,12,17H,1-2,7-10,15H2/t12-/m0/s1. The molecule has 1 fully saturated rings. The molecule has 104 valence electrons. The summed E-state index contributed by atoms with van der Waals surface area (Å²) in [6.45, 7) is 1.52. The molecule has 0 spiro atoms. The summed E-state index contributed by atoms with van der Waals surface area (Å²) >= 11 is 0. The number of β-amino-alcohol motifs (C(OH)–C–C–N with tert-alkyl or cyclic N) is 1. The third-order valence-electron chi connectivity index (χ3n) is 3.21. The van der Waals surface area contributed by atoms with Gasteiger partial charge in [-0.2, -0.15) is 0 Å². The molecule has 1 aliphatic heterocycles. The highest BCUT2D eigenvalue weighted by molar-refractivity contribution is 5.76. The first-order valence-electron chi connectivity index (χ1n) is 6.59. The van der Waals surface area contributed by atoms with E-state index >= 15 is 0 Å². The van der Waals surface area contributed by atoms with Crippen LogP contribution in [0.25, 0.3) is 0 Å². The molecule has 2 rings (SSSR count). The van der Waals surface area contributed by atoms with Gasteiger partial charge in [-0.15, -0.1) is 0 Å². The monoisotopic (exact) mass is 264 g/mol. The van der Waals surface area contributed by atoms with Crippen LogP contribution in [-0.4, -0.2) is 41.7 Å². The molecule has 5 nitrogen and oxygen atoms in total. The highest BCUT2D eigenvalue weighted by Gasteiger charge is 2.21. The highest BCUT2D eigenvalue weighted by Crippen LogP contribution is 2.14. The van der Waals surface area contributed by atoms with E-state index in [9.17, 15) is 9.90 Å². The van der Waals surface area contributed by atoms with E-state index in [0.29, 0.717) is 31.0 Å². The third kappa shape index (κ3) is 4.13. The third-order valence-corrected chi connectivity index (χ3v) is 3.21. The van der Waals surface area contributed by atoms with E-state index in [-0.39, 0.29) is 12.0 Å². The smallest absolute Gasteiger partial charge is 0.226 e. The topological polar surface area (TPSA) is 75.8 Å². The van der Waals surface area contributed by atoms with Gasteiger partial charge in [-0.1, -0.05) is 0 Å². The second kappa shape index (κ2) is 6.43. The van der Waals surface area contributed by atoms with E-state index in [1.54, 1.807) is 29.2 Å². The number of benzene rings is 1. The van der Waals surface area contributed by atoms with Gasteiger partial charge in [0.05, 0.1) is 19.1 Å². The van der Waals surface area contributed by atoms with Crippen LogP contribution in [0.1, 0.15) is 19.3 Å². The molecule has 0 aliphatic carbocycles. The predicted molar refractivity (Wildman–Crippen MR) is 72.8 cm³/mol. The lowest BCUT2D eigenvalue weighted by atomic mass is 10.1. The van der Waals surface area contributed by atoms with Crippen molar-refractivity contribution in [2.24, 2.45) is 0 Å². The van der Waals surface area contributed by atoms with Gasteiger partial charge in [0.1, 0.15) is 5.75 Å². The van der Waals surface area contributed by atoms with E-state index in [1.807, 2.05) is 0 Å². The number of nitrogens with two attached hydrogens (primary N) is 1. The average Bonchev–Trinajstić information content (AvgIpc) is 2.41. The van der Waals surface area contributed by atoms with Gasteiger partial charge in [0.15, 0.2) is 0 Å². The van der Waals surface area contributed by atoms with Gasteiger partial charge < -0.3 is 20.5 Å². The maximum atomic E-state index is 11.9. The van der Waals surface area contributed by atoms with Gasteiger partial charge >= 0.3 is 0 Å². The van der Waals surface area contributed by atoms with Crippen molar-refractivity contribution in [2.45, 2.75) is 25.4 Å². The molecule has 1 aromatic rings. The fourth-order valence-electron chi connectivity index (χ4n) is 2.16. The van der Waals surface area contributed by atoms with Crippen LogP contribution < -0.4 is 10.5 Å². The molecule has 0 unspecified atom stereocenters. The number of hydrogen-bond donors (Lipinski definition) is 2. The zero-order chi connectivity index (χ0) is 13.7. The number of piperidine rings is 1. The number of amides is 1. The number of rotatable bonds is 4. The summed E-state index contributed by atoms with van der Waals surface area (Å²) in [6.07, 6.45) is 1.60. The van der Waals surface area contributed by atoms with Crippen molar-refractivity contribution in [3.63, 3.8) is 0 Å². The van der Waals surface area contributed by atoms with E-state index in [1.165, 1.54) is 0 Å². The summed E-state index contributed by atoms with van der Waals surface area (Å²) < 4.78 is 5.48.